The molecule has 0 spiro atoms. The zero-order valence-electron chi connectivity index (χ0n) is 22.1. The molecule has 1 unspecified atom stereocenters. The maximum Gasteiger partial charge on any atom is 0.270 e. The third-order valence-corrected chi connectivity index (χ3v) is 8.41. The molecule has 1 amide bonds. The second kappa shape index (κ2) is 12.0. The van der Waals surface area contributed by atoms with Gasteiger partial charge in [0.25, 0.3) is 11.5 Å². The molecule has 200 valence electrons. The summed E-state index contributed by atoms with van der Waals surface area (Å²) in [5.41, 5.74) is 1.71. The van der Waals surface area contributed by atoms with E-state index in [1.165, 1.54) is 16.3 Å². The van der Waals surface area contributed by atoms with Gasteiger partial charge in [0, 0.05) is 25.7 Å². The van der Waals surface area contributed by atoms with Crippen LogP contribution >= 0.6 is 24.0 Å². The van der Waals surface area contributed by atoms with Crippen molar-refractivity contribution < 1.29 is 14.3 Å². The molecular formula is C28H32N4O4S2. The predicted octanol–water partition coefficient (Wildman–Crippen LogP) is 5.32. The monoisotopic (exact) mass is 552 g/mol. The Morgan fingerprint density at radius 3 is 2.74 bits per heavy atom. The lowest BCUT2D eigenvalue weighted by Crippen LogP contribution is -2.33. The van der Waals surface area contributed by atoms with Crippen molar-refractivity contribution in [2.24, 2.45) is 13.0 Å². The van der Waals surface area contributed by atoms with Gasteiger partial charge in [0.05, 0.1) is 4.91 Å². The summed E-state index contributed by atoms with van der Waals surface area (Å²) < 4.78 is 12.8. The fraction of sp³-hybridized carbons (Fsp3) is 0.429. The minimum absolute atomic E-state index is 0.0495. The minimum Gasteiger partial charge on any atom is -0.454 e. The van der Waals surface area contributed by atoms with Crippen LogP contribution < -0.4 is 20.3 Å². The number of amides is 1. The molecule has 2 aromatic rings. The average Bonchev–Trinajstić information content (AvgIpc) is 3.48. The molecule has 0 aliphatic carbocycles. The summed E-state index contributed by atoms with van der Waals surface area (Å²) in [4.78, 5) is 28.6. The van der Waals surface area contributed by atoms with Gasteiger partial charge in [-0.25, -0.2) is 0 Å². The van der Waals surface area contributed by atoms with Crippen LogP contribution in [-0.2, 0) is 18.4 Å². The largest absolute Gasteiger partial charge is 0.454 e. The number of carbonyl (C=O) groups is 1. The molecule has 2 aliphatic heterocycles. The molecule has 1 atom stereocenters. The molecule has 0 bridgehead atoms. The Bertz CT molecular complexity index is 1390. The Balaban J connectivity index is 1.66. The number of unbranched alkanes of at least 4 members (excludes halogenated alkanes) is 1. The van der Waals surface area contributed by atoms with Crippen molar-refractivity contribution in [3.63, 3.8) is 0 Å². The lowest BCUT2D eigenvalue weighted by atomic mass is 9.99. The molecule has 8 nitrogen and oxygen atoms in total. The molecule has 10 heteroatoms. The van der Waals surface area contributed by atoms with E-state index in [1.807, 2.05) is 24.3 Å². The third kappa shape index (κ3) is 5.59. The van der Waals surface area contributed by atoms with Crippen LogP contribution in [-0.4, -0.2) is 33.0 Å². The molecule has 2 aliphatic rings. The van der Waals surface area contributed by atoms with Crippen molar-refractivity contribution in [2.75, 3.05) is 18.7 Å². The zero-order chi connectivity index (χ0) is 27.4. The van der Waals surface area contributed by atoms with Gasteiger partial charge in [-0.05, 0) is 48.6 Å². The van der Waals surface area contributed by atoms with E-state index in [-0.39, 0.29) is 18.3 Å². The number of nitrogens with zero attached hydrogens (tertiary/aromatic N) is 3. The third-order valence-electron chi connectivity index (χ3n) is 7.03. The van der Waals surface area contributed by atoms with E-state index in [2.05, 4.69) is 19.2 Å². The topological polar surface area (TPSA) is 96.6 Å². The van der Waals surface area contributed by atoms with E-state index in [0.717, 1.165) is 31.2 Å². The number of nitrogens with one attached hydrogen (secondary N) is 1. The van der Waals surface area contributed by atoms with Crippen LogP contribution in [0.4, 0.5) is 5.82 Å². The molecule has 38 heavy (non-hydrogen) atoms. The van der Waals surface area contributed by atoms with Gasteiger partial charge in [0.15, 0.2) is 11.5 Å². The highest BCUT2D eigenvalue weighted by Crippen LogP contribution is 2.36. The van der Waals surface area contributed by atoms with Crippen molar-refractivity contribution in [3.8, 4) is 17.6 Å². The molecule has 1 aromatic carbocycles. The first-order valence-corrected chi connectivity index (χ1v) is 14.0. The van der Waals surface area contributed by atoms with Crippen molar-refractivity contribution in [1.82, 2.24) is 9.47 Å². The summed E-state index contributed by atoms with van der Waals surface area (Å²) in [5, 5.41) is 13.0. The van der Waals surface area contributed by atoms with Crippen LogP contribution in [0, 0.1) is 24.2 Å². The zero-order valence-corrected chi connectivity index (χ0v) is 23.8. The normalized spacial score (nSPS) is 16.3. The summed E-state index contributed by atoms with van der Waals surface area (Å²) in [6, 6.07) is 7.68. The number of thiocarbonyl (C=S) groups is 1. The number of anilines is 1. The van der Waals surface area contributed by atoms with E-state index in [4.69, 9.17) is 21.7 Å². The second-order valence-corrected chi connectivity index (χ2v) is 11.2. The van der Waals surface area contributed by atoms with Crippen LogP contribution in [0.25, 0.3) is 6.08 Å². The maximum atomic E-state index is 13.4. The van der Waals surface area contributed by atoms with Gasteiger partial charge < -0.3 is 14.8 Å². The Morgan fingerprint density at radius 2 is 2.03 bits per heavy atom. The number of nitriles is 1. The number of aromatic nitrogens is 1. The number of ether oxygens (including phenoxy) is 2. The number of pyridine rings is 1. The molecule has 1 aromatic heterocycles. The average molecular weight is 553 g/mol. The van der Waals surface area contributed by atoms with Gasteiger partial charge in [-0.15, -0.1) is 0 Å². The van der Waals surface area contributed by atoms with Crippen LogP contribution in [0.3, 0.4) is 0 Å². The summed E-state index contributed by atoms with van der Waals surface area (Å²) in [5.74, 6) is 2.13. The van der Waals surface area contributed by atoms with Crippen molar-refractivity contribution >= 4 is 46.1 Å². The lowest BCUT2D eigenvalue weighted by molar-refractivity contribution is -0.122. The van der Waals surface area contributed by atoms with Gasteiger partial charge in [-0.1, -0.05) is 63.2 Å². The fourth-order valence-corrected chi connectivity index (χ4v) is 5.90. The Kier molecular flexibility index (Phi) is 8.80. The van der Waals surface area contributed by atoms with Gasteiger partial charge in [0.2, 0.25) is 6.79 Å². The van der Waals surface area contributed by atoms with Crippen LogP contribution in [0.2, 0.25) is 0 Å². The Labute approximate surface area is 232 Å². The van der Waals surface area contributed by atoms with Crippen molar-refractivity contribution in [1.29, 1.82) is 5.26 Å². The highest BCUT2D eigenvalue weighted by Gasteiger charge is 2.34. The first-order valence-electron chi connectivity index (χ1n) is 12.8. The molecule has 0 radical (unpaired) electrons. The predicted molar refractivity (Wildman–Crippen MR) is 154 cm³/mol. The number of benzene rings is 1. The number of thioether (sulfide) groups is 1. The smallest absolute Gasteiger partial charge is 0.270 e. The van der Waals surface area contributed by atoms with Crippen molar-refractivity contribution in [3.05, 3.63) is 55.7 Å². The number of fused-ring (bicyclic) bond motifs is 1. The Hall–Kier alpha value is -3.29. The maximum absolute atomic E-state index is 13.4. The highest BCUT2D eigenvalue weighted by molar-refractivity contribution is 8.26. The van der Waals surface area contributed by atoms with Crippen LogP contribution in [0.15, 0.2) is 27.9 Å². The van der Waals surface area contributed by atoms with Gasteiger partial charge in [0.1, 0.15) is 21.8 Å². The standard InChI is InChI=1S/C28H32N4O4S2/c1-5-7-8-18(6-2)15-32-27(34)24(38-28(32)37)12-20-17(3)21(13-29)26(33)31(4)25(20)30-14-19-9-10-22-23(11-19)36-16-35-22/h9-12,18,30H,5-8,14-16H2,1-4H3/b24-12+. The molecule has 4 rings (SSSR count). The summed E-state index contributed by atoms with van der Waals surface area (Å²) in [6.07, 6.45) is 6.03. The second-order valence-electron chi connectivity index (χ2n) is 9.49. The molecule has 1 saturated heterocycles. The van der Waals surface area contributed by atoms with E-state index < -0.39 is 5.56 Å². The van der Waals surface area contributed by atoms with Crippen LogP contribution in [0.5, 0.6) is 11.5 Å². The minimum atomic E-state index is -0.399. The van der Waals surface area contributed by atoms with Gasteiger partial charge in [-0.2, -0.15) is 5.26 Å². The molecule has 3 heterocycles. The van der Waals surface area contributed by atoms with E-state index in [9.17, 15) is 14.9 Å². The SMILES string of the molecule is CCCCC(CC)CN1C(=O)/C(=C\c2c(C)c(C#N)c(=O)n(C)c2NCc2ccc3c(c2)OCO3)SC1=S. The Morgan fingerprint density at radius 1 is 1.26 bits per heavy atom. The van der Waals surface area contributed by atoms with E-state index in [1.54, 1.807) is 24.9 Å². The van der Waals surface area contributed by atoms with Crippen molar-refractivity contribution in [2.45, 2.75) is 53.0 Å². The van der Waals surface area contributed by atoms with E-state index in [0.29, 0.717) is 56.7 Å². The summed E-state index contributed by atoms with van der Waals surface area (Å²) >= 11 is 6.85. The van der Waals surface area contributed by atoms with E-state index >= 15 is 0 Å². The summed E-state index contributed by atoms with van der Waals surface area (Å²) in [6.45, 7) is 7.23. The quantitative estimate of drug-likeness (QED) is 0.312. The molecule has 0 saturated carbocycles. The van der Waals surface area contributed by atoms with Crippen LogP contribution in [0.1, 0.15) is 61.8 Å². The first-order chi connectivity index (χ1) is 18.3. The number of hydrogen-bond donors (Lipinski definition) is 1. The highest BCUT2D eigenvalue weighted by atomic mass is 32.2. The number of rotatable bonds is 10. The lowest BCUT2D eigenvalue weighted by Gasteiger charge is -2.22. The first kappa shape index (κ1) is 27.7. The van der Waals surface area contributed by atoms with Gasteiger partial charge in [-0.3, -0.25) is 19.1 Å². The van der Waals surface area contributed by atoms with Gasteiger partial charge >= 0.3 is 0 Å². The summed E-state index contributed by atoms with van der Waals surface area (Å²) in [7, 11) is 1.62. The molecule has 1 fully saturated rings. The number of hydrogen-bond acceptors (Lipinski definition) is 8. The molecular weight excluding hydrogens is 520 g/mol. The number of carbonyl (C=O) groups excluding carboxylic acids is 1. The molecule has 1 N–H and O–H groups in total. The fourth-order valence-electron chi connectivity index (χ4n) is 4.65.